The first-order valence-electron chi connectivity index (χ1n) is 26.5. The quantitative estimate of drug-likeness (QED) is 0.0392. The van der Waals surface area contributed by atoms with Gasteiger partial charge in [-0.25, -0.2) is 44.3 Å². The molecular weight excluding hydrogens is 988 g/mol. The fourth-order valence-corrected chi connectivity index (χ4v) is 7.10. The smallest absolute Gasteiger partial charge is 0.225 e. The molecule has 6 aromatic rings. The summed E-state index contributed by atoms with van der Waals surface area (Å²) in [6.07, 6.45) is 18.7. The maximum absolute atomic E-state index is 12.5. The summed E-state index contributed by atoms with van der Waals surface area (Å²) in [5, 5.41) is 26.8. The maximum Gasteiger partial charge on any atom is 0.225 e. The van der Waals surface area contributed by atoms with Crippen molar-refractivity contribution >= 4 is 23.6 Å². The number of methoxy groups -OCH3 is 2. The minimum Gasteiger partial charge on any atom is -0.381 e. The number of amidine groups is 2. The van der Waals surface area contributed by atoms with Gasteiger partial charge in [0.2, 0.25) is 24.3 Å². The predicted octanol–water partition coefficient (Wildman–Crippen LogP) is 9.18. The summed E-state index contributed by atoms with van der Waals surface area (Å²) < 4.78 is 24.0. The minimum absolute atomic E-state index is 0.137. The van der Waals surface area contributed by atoms with Crippen molar-refractivity contribution in [1.82, 2.24) is 54.6 Å². The van der Waals surface area contributed by atoms with Crippen LogP contribution in [-0.2, 0) is 28.9 Å². The molecule has 5 aromatic heterocycles. The van der Waals surface area contributed by atoms with Crippen LogP contribution in [0.2, 0.25) is 0 Å². The van der Waals surface area contributed by atoms with E-state index in [1.165, 1.54) is 29.1 Å². The molecule has 0 aliphatic carbocycles. The average molecular weight is 1080 g/mol. The summed E-state index contributed by atoms with van der Waals surface area (Å²) in [4.78, 5) is 38.0. The number of ether oxygens (including phenoxy) is 2. The van der Waals surface area contributed by atoms with E-state index in [9.17, 15) is 4.39 Å². The molecule has 1 atom stereocenters. The summed E-state index contributed by atoms with van der Waals surface area (Å²) in [6, 6.07) is 14.3. The topological polar surface area (TPSA) is 241 Å². The predicted molar refractivity (Wildman–Crippen MR) is 312 cm³/mol. The second kappa shape index (κ2) is 40.1. The van der Waals surface area contributed by atoms with Crippen molar-refractivity contribution < 1.29 is 23.8 Å². The highest BCUT2D eigenvalue weighted by Gasteiger charge is 2.21. The summed E-state index contributed by atoms with van der Waals surface area (Å²) in [6.45, 7) is 27.2. The lowest BCUT2D eigenvalue weighted by molar-refractivity contribution is -0.905. The van der Waals surface area contributed by atoms with Crippen molar-refractivity contribution in [2.75, 3.05) is 72.1 Å². The molecule has 0 spiro atoms. The van der Waals surface area contributed by atoms with E-state index in [4.69, 9.17) is 31.2 Å². The highest BCUT2D eigenvalue weighted by molar-refractivity contribution is 5.76. The molecule has 2 saturated heterocycles. The fourth-order valence-electron chi connectivity index (χ4n) is 7.10. The van der Waals surface area contributed by atoms with E-state index in [0.29, 0.717) is 29.8 Å². The summed E-state index contributed by atoms with van der Waals surface area (Å²) in [7, 11) is 7.50. The van der Waals surface area contributed by atoms with Gasteiger partial charge in [0.1, 0.15) is 18.0 Å². The number of halogens is 1. The Morgan fingerprint density at radius 2 is 1.27 bits per heavy atom. The maximum atomic E-state index is 12.5. The molecule has 19 nitrogen and oxygen atoms in total. The Morgan fingerprint density at radius 1 is 0.718 bits per heavy atom. The first-order valence-corrected chi connectivity index (χ1v) is 26.5. The summed E-state index contributed by atoms with van der Waals surface area (Å²) in [5.74, 6) is 3.15. The van der Waals surface area contributed by atoms with Gasteiger partial charge < -0.3 is 35.2 Å². The van der Waals surface area contributed by atoms with Crippen LogP contribution in [-0.4, -0.2) is 145 Å². The van der Waals surface area contributed by atoms with Crippen LogP contribution < -0.4 is 15.8 Å². The molecule has 0 radical (unpaired) electrons. The van der Waals surface area contributed by atoms with Crippen LogP contribution in [0.25, 0.3) is 0 Å². The molecule has 8 rings (SSSR count). The third kappa shape index (κ3) is 31.8. The average Bonchev–Trinajstić information content (AvgIpc) is 3.91. The Labute approximate surface area is 465 Å². The van der Waals surface area contributed by atoms with E-state index in [2.05, 4.69) is 68.8 Å². The number of aryl methyl sites for hydroxylation is 8. The Morgan fingerprint density at radius 3 is 1.69 bits per heavy atom. The number of nitrogens with one attached hydrogen (secondary N) is 3. The summed E-state index contributed by atoms with van der Waals surface area (Å²) >= 11 is 0. The molecule has 2 fully saturated rings. The van der Waals surface area contributed by atoms with Crippen molar-refractivity contribution in [3.05, 3.63) is 149 Å². The van der Waals surface area contributed by atoms with Gasteiger partial charge in [-0.2, -0.15) is 0 Å². The lowest BCUT2D eigenvalue weighted by Gasteiger charge is -2.31. The van der Waals surface area contributed by atoms with Crippen molar-refractivity contribution in [3.8, 4) is 0 Å². The van der Waals surface area contributed by atoms with E-state index in [1.54, 1.807) is 63.5 Å². The van der Waals surface area contributed by atoms with E-state index in [-0.39, 0.29) is 5.82 Å². The zero-order chi connectivity index (χ0) is 58.4. The number of hydrogen-bond acceptors (Lipinski definition) is 16. The number of piperidine rings is 1. The van der Waals surface area contributed by atoms with Crippen LogP contribution in [0.15, 0.2) is 92.0 Å². The third-order valence-electron chi connectivity index (χ3n) is 11.7. The van der Waals surface area contributed by atoms with Crippen LogP contribution in [0.1, 0.15) is 111 Å². The SMILES string of the molecule is CCCNc1nccc(C)n1.CCc1c[n+](O)ccc1C.CCc1cc(F)ccc1C.COC1CCN(C(C)=N)C1.COC1CCN(C(C)=N)CC1.Cc1ccnc(CN(C)C)n1.Cc1ccnc(N)n1.Cc1ccncn1. The van der Waals surface area contributed by atoms with Gasteiger partial charge in [-0.15, -0.1) is 0 Å². The van der Waals surface area contributed by atoms with Crippen molar-refractivity contribution in [2.45, 2.75) is 133 Å². The Hall–Kier alpha value is -7.16. The van der Waals surface area contributed by atoms with E-state index < -0.39 is 0 Å². The number of hydrogen-bond donors (Lipinski definition) is 5. The third-order valence-corrected chi connectivity index (χ3v) is 11.7. The molecule has 7 heterocycles. The molecule has 0 bridgehead atoms. The summed E-state index contributed by atoms with van der Waals surface area (Å²) in [5.41, 5.74) is 13.9. The van der Waals surface area contributed by atoms with Gasteiger partial charge in [0, 0.05) is 111 Å². The number of anilines is 2. The van der Waals surface area contributed by atoms with Gasteiger partial charge in [-0.1, -0.05) is 26.8 Å². The first-order chi connectivity index (χ1) is 37.1. The van der Waals surface area contributed by atoms with Gasteiger partial charge in [0.25, 0.3) is 0 Å². The molecule has 1 unspecified atom stereocenters. The van der Waals surface area contributed by atoms with Crippen LogP contribution in [0.4, 0.5) is 16.3 Å². The standard InChI is InChI=1S/C9H11F.2C8H13N3.C8H16N2O.C8H12NO.C7H14N2O.C5H7N3.C5H6N2/c1-3-8-6-9(10)5-4-7(8)2;1-7-4-5-9-8(10-7)6-11(2)3;1-3-5-9-8-10-6-4-7(2)11-8;1-7(9)10-5-3-8(11-2)4-6-10;1-3-8-6-9(10)5-4-7(8)2;1-6(8)9-4-3-7(5-9)10-2;1-4-2-3-7-5(6)8-4;1-5-2-3-6-4-7-5/h4-6H,3H2,1-2H3;4-5H,6H2,1-3H3;4,6H,3,5H2,1-2H3,(H,9,10,11);8-9H,3-6H2,1-2H3;4-6,10H,3H2,1-2H3;7-8H,3-5H2,1-2H3;2-3H,1H3,(H2,6,7,8);2-4H,1H3/q;;;;+1;;;. The zero-order valence-corrected chi connectivity index (χ0v) is 49.4. The number of nitrogens with two attached hydrogens (primary N) is 1. The monoisotopic (exact) mass is 1080 g/mol. The van der Waals surface area contributed by atoms with E-state index in [0.717, 1.165) is 123 Å². The molecule has 6 N–H and O–H groups in total. The molecule has 2 aliphatic rings. The lowest BCUT2D eigenvalue weighted by Crippen LogP contribution is -2.39. The highest BCUT2D eigenvalue weighted by atomic mass is 19.1. The second-order valence-corrected chi connectivity index (χ2v) is 18.7. The molecule has 78 heavy (non-hydrogen) atoms. The number of benzene rings is 1. The molecule has 1 aromatic carbocycles. The van der Waals surface area contributed by atoms with Crippen LogP contribution >= 0.6 is 0 Å². The zero-order valence-electron chi connectivity index (χ0n) is 49.4. The first kappa shape index (κ1) is 68.9. The number of likely N-dealkylation sites (tertiary alicyclic amines) is 2. The fraction of sp³-hybridized carbons (Fsp3) is 0.500. The van der Waals surface area contributed by atoms with Gasteiger partial charge in [-0.05, 0) is 161 Å². The number of nitrogen functional groups attached to an aromatic ring is 1. The largest absolute Gasteiger partial charge is 0.381 e. The lowest BCUT2D eigenvalue weighted by atomic mass is 10.1. The van der Waals surface area contributed by atoms with Crippen LogP contribution in [0.5, 0.6) is 0 Å². The normalized spacial score (nSPS) is 13.2. The molecule has 0 saturated carbocycles. The Balaban J connectivity index is 0.000000447. The molecule has 428 valence electrons. The number of aromatic nitrogens is 9. The van der Waals surface area contributed by atoms with Crippen molar-refractivity contribution in [1.29, 1.82) is 10.8 Å². The van der Waals surface area contributed by atoms with Crippen LogP contribution in [0.3, 0.4) is 0 Å². The van der Waals surface area contributed by atoms with Crippen molar-refractivity contribution in [3.63, 3.8) is 0 Å². The van der Waals surface area contributed by atoms with Gasteiger partial charge >= 0.3 is 0 Å². The number of pyridine rings is 1. The van der Waals surface area contributed by atoms with Gasteiger partial charge in [0.15, 0.2) is 0 Å². The minimum atomic E-state index is -0.137. The second-order valence-electron chi connectivity index (χ2n) is 18.7. The molecule has 2 aliphatic heterocycles. The van der Waals surface area contributed by atoms with Crippen LogP contribution in [0, 0.1) is 58.2 Å². The van der Waals surface area contributed by atoms with Gasteiger partial charge in [0.05, 0.1) is 30.4 Å². The van der Waals surface area contributed by atoms with Gasteiger partial charge in [-0.3, -0.25) is 16.0 Å². The van der Waals surface area contributed by atoms with E-state index in [1.807, 2.05) is 112 Å². The van der Waals surface area contributed by atoms with E-state index >= 15 is 0 Å². The number of rotatable bonds is 9. The Bertz CT molecular complexity index is 2500. The highest BCUT2D eigenvalue weighted by Crippen LogP contribution is 2.13. The molecule has 0 amide bonds. The van der Waals surface area contributed by atoms with Crippen molar-refractivity contribution in [2.24, 2.45) is 0 Å². The molecule has 20 heteroatoms. The Kier molecular flexibility index (Phi) is 35.4. The number of nitrogens with zero attached hydrogens (tertiary/aromatic N) is 12. The molecular formula is C58H92FN16O3+.